The number of nitrogens with one attached hydrogen (secondary N) is 1. The first kappa shape index (κ1) is 16.1. The molecule has 0 amide bonds. The van der Waals surface area contributed by atoms with Crippen molar-refractivity contribution in [2.24, 2.45) is 0 Å². The fourth-order valence-corrected chi connectivity index (χ4v) is 2.16. The van der Waals surface area contributed by atoms with Gasteiger partial charge in [-0.3, -0.25) is 14.3 Å². The molecule has 1 aromatic rings. The van der Waals surface area contributed by atoms with Crippen LogP contribution in [0.4, 0.5) is 0 Å². The lowest BCUT2D eigenvalue weighted by Crippen LogP contribution is -2.33. The molecule has 1 saturated heterocycles. The molecule has 0 bridgehead atoms. The van der Waals surface area contributed by atoms with Crippen LogP contribution in [-0.2, 0) is 4.74 Å². The van der Waals surface area contributed by atoms with E-state index in [0.717, 1.165) is 0 Å². The molecule has 0 aliphatic carbocycles. The molecule has 0 unspecified atom stereocenters. The van der Waals surface area contributed by atoms with Gasteiger partial charge in [-0.25, -0.2) is 4.79 Å². The van der Waals surface area contributed by atoms with Crippen LogP contribution in [0.2, 0.25) is 0 Å². The van der Waals surface area contributed by atoms with Crippen molar-refractivity contribution >= 4 is 46.6 Å². The number of aliphatic hydroxyl groups is 2. The van der Waals surface area contributed by atoms with E-state index in [0.29, 0.717) is 3.57 Å². The third-order valence-corrected chi connectivity index (χ3v) is 3.39. The van der Waals surface area contributed by atoms with E-state index in [4.69, 9.17) is 9.84 Å². The van der Waals surface area contributed by atoms with Gasteiger partial charge < -0.3 is 14.9 Å². The minimum absolute atomic E-state index is 0. The Bertz CT molecular complexity index is 528. The highest BCUT2D eigenvalue weighted by Gasteiger charge is 2.34. The first-order valence-electron chi connectivity index (χ1n) is 4.98. The Kier molecular flexibility index (Phi) is 5.76. The fourth-order valence-electron chi connectivity index (χ4n) is 1.72. The van der Waals surface area contributed by atoms with Crippen molar-refractivity contribution in [2.45, 2.75) is 24.9 Å². The Morgan fingerprint density at radius 3 is 2.78 bits per heavy atom. The maximum atomic E-state index is 11.6. The summed E-state index contributed by atoms with van der Waals surface area (Å²) in [4.78, 5) is 24.9. The van der Waals surface area contributed by atoms with Crippen LogP contribution in [0.1, 0.15) is 12.6 Å². The van der Waals surface area contributed by atoms with E-state index in [1.54, 1.807) is 22.6 Å². The predicted molar refractivity (Wildman–Crippen MR) is 81.1 cm³/mol. The number of hydrogen-bond donors (Lipinski definition) is 3. The molecule has 9 heteroatoms. The summed E-state index contributed by atoms with van der Waals surface area (Å²) in [5.74, 6) is 0. The number of halogens is 2. The molecule has 18 heavy (non-hydrogen) atoms. The zero-order valence-electron chi connectivity index (χ0n) is 9.08. The summed E-state index contributed by atoms with van der Waals surface area (Å²) < 4.78 is 6.89. The van der Waals surface area contributed by atoms with Gasteiger partial charge in [-0.2, -0.15) is 0 Å². The molecule has 1 aliphatic rings. The monoisotopic (exact) mass is 482 g/mol. The van der Waals surface area contributed by atoms with Gasteiger partial charge in [0.05, 0.1) is 16.3 Å². The van der Waals surface area contributed by atoms with Gasteiger partial charge in [0.25, 0.3) is 5.56 Å². The Balaban J connectivity index is 0.00000162. The zero-order valence-corrected chi connectivity index (χ0v) is 13.6. The molecule has 1 fully saturated rings. The van der Waals surface area contributed by atoms with Gasteiger partial charge in [0, 0.05) is 12.6 Å². The molecule has 7 nitrogen and oxygen atoms in total. The molecule has 0 spiro atoms. The molecule has 3 N–H and O–H groups in total. The highest BCUT2D eigenvalue weighted by atomic mass is 127. The number of hydrogen-bond acceptors (Lipinski definition) is 5. The van der Waals surface area contributed by atoms with Gasteiger partial charge in [0.1, 0.15) is 12.3 Å². The Hall–Kier alpha value is 0.0200. The van der Waals surface area contributed by atoms with Gasteiger partial charge in [-0.1, -0.05) is 0 Å². The number of aromatic amines is 1. The molecule has 2 heterocycles. The van der Waals surface area contributed by atoms with Gasteiger partial charge in [0.15, 0.2) is 0 Å². The Morgan fingerprint density at radius 2 is 2.22 bits per heavy atom. The van der Waals surface area contributed by atoms with E-state index in [2.05, 4.69) is 4.98 Å². The van der Waals surface area contributed by atoms with Crippen LogP contribution in [0.5, 0.6) is 0 Å². The van der Waals surface area contributed by atoms with E-state index >= 15 is 0 Å². The smallest absolute Gasteiger partial charge is 0.330 e. The third kappa shape index (κ3) is 3.12. The maximum absolute atomic E-state index is 11.6. The molecule has 0 saturated carbocycles. The number of nitrogens with zero attached hydrogens (tertiary/aromatic N) is 1. The Morgan fingerprint density at radius 1 is 1.56 bits per heavy atom. The standard InChI is InChI=1S/C9H11IN2O5.HI/c10-4-2-12(9(16)11-8(4)15)7-1-5(14)6(3-13)17-7;/h2,5-7,13-14H,1,3H2,(H,11,15,16);1H/t5-,6+,7+;/m0./s1. The van der Waals surface area contributed by atoms with E-state index in [1.807, 2.05) is 0 Å². The number of rotatable bonds is 2. The average Bonchev–Trinajstić information content (AvgIpc) is 2.65. The van der Waals surface area contributed by atoms with Crippen LogP contribution in [0.3, 0.4) is 0 Å². The second-order valence-corrected chi connectivity index (χ2v) is 4.92. The highest BCUT2D eigenvalue weighted by molar-refractivity contribution is 14.1. The summed E-state index contributed by atoms with van der Waals surface area (Å²) in [5, 5.41) is 18.5. The quantitative estimate of drug-likeness (QED) is 0.489. The first-order chi connectivity index (χ1) is 8.02. The average molecular weight is 482 g/mol. The minimum Gasteiger partial charge on any atom is -0.394 e. The predicted octanol–water partition coefficient (Wildman–Crippen LogP) is -0.600. The van der Waals surface area contributed by atoms with Crippen LogP contribution in [0.15, 0.2) is 15.8 Å². The van der Waals surface area contributed by atoms with Gasteiger partial charge >= 0.3 is 5.69 Å². The van der Waals surface area contributed by atoms with Crippen LogP contribution in [0.25, 0.3) is 0 Å². The number of ether oxygens (including phenoxy) is 1. The number of H-pyrrole nitrogens is 1. The van der Waals surface area contributed by atoms with E-state index in [-0.39, 0.29) is 37.0 Å². The highest BCUT2D eigenvalue weighted by Crippen LogP contribution is 2.27. The van der Waals surface area contributed by atoms with Gasteiger partial charge in [-0.15, -0.1) is 24.0 Å². The molecule has 102 valence electrons. The van der Waals surface area contributed by atoms with Crippen molar-refractivity contribution in [2.75, 3.05) is 6.61 Å². The van der Waals surface area contributed by atoms with E-state index in [9.17, 15) is 14.7 Å². The lowest BCUT2D eigenvalue weighted by Gasteiger charge is -2.14. The van der Waals surface area contributed by atoms with Crippen molar-refractivity contribution in [3.05, 3.63) is 30.6 Å². The second-order valence-electron chi connectivity index (χ2n) is 3.76. The van der Waals surface area contributed by atoms with Crippen molar-refractivity contribution in [1.29, 1.82) is 0 Å². The molecule has 3 atom stereocenters. The fraction of sp³-hybridized carbons (Fsp3) is 0.556. The molecule has 0 aromatic carbocycles. The summed E-state index contributed by atoms with van der Waals surface area (Å²) in [7, 11) is 0. The lowest BCUT2D eigenvalue weighted by molar-refractivity contribution is -0.0459. The third-order valence-electron chi connectivity index (χ3n) is 2.62. The lowest BCUT2D eigenvalue weighted by atomic mass is 10.2. The van der Waals surface area contributed by atoms with Crippen LogP contribution >= 0.6 is 46.6 Å². The minimum atomic E-state index is -0.818. The van der Waals surface area contributed by atoms with Crippen LogP contribution in [-0.4, -0.2) is 38.6 Å². The van der Waals surface area contributed by atoms with Crippen molar-refractivity contribution in [1.82, 2.24) is 9.55 Å². The second kappa shape index (κ2) is 6.45. The summed E-state index contributed by atoms with van der Waals surface area (Å²) in [6.45, 7) is -0.313. The molecule has 1 aromatic heterocycles. The number of aliphatic hydroxyl groups excluding tert-OH is 2. The summed E-state index contributed by atoms with van der Waals surface area (Å²) >= 11 is 1.80. The van der Waals surface area contributed by atoms with E-state index < -0.39 is 29.7 Å². The normalized spacial score (nSPS) is 26.9. The van der Waals surface area contributed by atoms with Crippen LogP contribution in [0, 0.1) is 3.57 Å². The molecular weight excluding hydrogens is 470 g/mol. The van der Waals surface area contributed by atoms with E-state index in [1.165, 1.54) is 10.8 Å². The summed E-state index contributed by atoms with van der Waals surface area (Å²) in [6, 6.07) is 0. The SMILES string of the molecule is I.O=c1[nH]c(=O)n([C@H]2C[C@H](O)[C@@H](CO)O2)cc1I. The summed E-state index contributed by atoms with van der Waals surface area (Å²) in [5.41, 5.74) is -1.05. The molecule has 2 rings (SSSR count). The zero-order chi connectivity index (χ0) is 12.6. The van der Waals surface area contributed by atoms with Gasteiger partial charge in [-0.05, 0) is 22.6 Å². The van der Waals surface area contributed by atoms with Crippen molar-refractivity contribution in [3.63, 3.8) is 0 Å². The van der Waals surface area contributed by atoms with Crippen molar-refractivity contribution in [3.8, 4) is 0 Å². The first-order valence-corrected chi connectivity index (χ1v) is 6.06. The van der Waals surface area contributed by atoms with Gasteiger partial charge in [0.2, 0.25) is 0 Å². The number of aromatic nitrogens is 2. The Labute approximate surface area is 132 Å². The maximum Gasteiger partial charge on any atom is 0.330 e. The molecular formula is C9H12I2N2O5. The summed E-state index contributed by atoms with van der Waals surface area (Å²) in [6.07, 6.45) is -0.607. The van der Waals surface area contributed by atoms with Crippen LogP contribution < -0.4 is 11.2 Å². The largest absolute Gasteiger partial charge is 0.394 e. The van der Waals surface area contributed by atoms with Crippen molar-refractivity contribution < 1.29 is 14.9 Å². The topological polar surface area (TPSA) is 105 Å². The molecule has 0 radical (unpaired) electrons. The molecule has 1 aliphatic heterocycles.